The molecular weight excluding hydrogens is 266 g/mol. The number of fused-ring (bicyclic) bond motifs is 1. The van der Waals surface area contributed by atoms with Crippen LogP contribution in [0.2, 0.25) is 0 Å². The lowest BCUT2D eigenvalue weighted by Gasteiger charge is -2.11. The summed E-state index contributed by atoms with van der Waals surface area (Å²) in [6.07, 6.45) is 0.546. The number of ketones is 1. The summed E-state index contributed by atoms with van der Waals surface area (Å²) in [5, 5.41) is 2.80. The maximum atomic E-state index is 12.2. The maximum absolute atomic E-state index is 12.2. The molecule has 0 heterocycles. The number of amides is 1. The number of rotatable bonds is 3. The van der Waals surface area contributed by atoms with E-state index in [9.17, 15) is 9.59 Å². The van der Waals surface area contributed by atoms with Crippen molar-refractivity contribution in [1.29, 1.82) is 0 Å². The van der Waals surface area contributed by atoms with E-state index in [2.05, 4.69) is 5.32 Å². The van der Waals surface area contributed by atoms with Crippen LogP contribution in [-0.4, -0.2) is 24.8 Å². The van der Waals surface area contributed by atoms with Gasteiger partial charge < -0.3 is 10.1 Å². The first-order valence-electron chi connectivity index (χ1n) is 6.76. The fourth-order valence-corrected chi connectivity index (χ4v) is 2.56. The summed E-state index contributed by atoms with van der Waals surface area (Å²) in [4.78, 5) is 24.5. The second kappa shape index (κ2) is 5.40. The molecule has 106 valence electrons. The molecule has 1 N–H and O–H groups in total. The monoisotopic (exact) mass is 281 g/mol. The smallest absolute Gasteiger partial charge is 0.252 e. The van der Waals surface area contributed by atoms with Gasteiger partial charge >= 0.3 is 0 Å². The topological polar surface area (TPSA) is 55.4 Å². The Morgan fingerprint density at radius 2 is 2.00 bits per heavy atom. The standard InChI is InChI=1S/C17H15NO3/c1-21-13-7-4-6-12(9-13)17(20)18-15-10-11-5-2-3-8-14(11)16(15)19/h2-9,15H,10H2,1H3,(H,18,20). The number of nitrogens with one attached hydrogen (secondary N) is 1. The SMILES string of the molecule is COc1cccc(C(=O)NC2Cc3ccccc3C2=O)c1. The Morgan fingerprint density at radius 1 is 1.19 bits per heavy atom. The lowest BCUT2D eigenvalue weighted by Crippen LogP contribution is -2.39. The molecule has 4 heteroatoms. The van der Waals surface area contributed by atoms with Crippen molar-refractivity contribution in [2.75, 3.05) is 7.11 Å². The van der Waals surface area contributed by atoms with Crippen LogP contribution >= 0.6 is 0 Å². The van der Waals surface area contributed by atoms with Gasteiger partial charge in [0, 0.05) is 17.5 Å². The number of benzene rings is 2. The van der Waals surface area contributed by atoms with E-state index in [-0.39, 0.29) is 11.7 Å². The summed E-state index contributed by atoms with van der Waals surface area (Å²) in [6, 6.07) is 13.8. The molecule has 0 spiro atoms. The largest absolute Gasteiger partial charge is 0.497 e. The third-order valence-corrected chi connectivity index (χ3v) is 3.66. The fraction of sp³-hybridized carbons (Fsp3) is 0.176. The number of Topliss-reactive ketones (excluding diaryl/α,β-unsaturated/α-hetero) is 1. The molecule has 0 saturated carbocycles. The molecule has 0 bridgehead atoms. The van der Waals surface area contributed by atoms with Crippen molar-refractivity contribution in [3.63, 3.8) is 0 Å². The molecule has 2 aromatic carbocycles. The maximum Gasteiger partial charge on any atom is 0.252 e. The summed E-state index contributed by atoms with van der Waals surface area (Å²) in [5.74, 6) is 0.325. The number of ether oxygens (including phenoxy) is 1. The van der Waals surface area contributed by atoms with Crippen molar-refractivity contribution >= 4 is 11.7 Å². The van der Waals surface area contributed by atoms with Crippen LogP contribution in [0.3, 0.4) is 0 Å². The lowest BCUT2D eigenvalue weighted by molar-refractivity contribution is 0.0868. The zero-order valence-corrected chi connectivity index (χ0v) is 11.6. The molecule has 1 aliphatic rings. The summed E-state index contributed by atoms with van der Waals surface area (Å²) in [5.41, 5.74) is 2.17. The van der Waals surface area contributed by atoms with Gasteiger partial charge in [0.2, 0.25) is 0 Å². The Balaban J connectivity index is 1.76. The van der Waals surface area contributed by atoms with Crippen LogP contribution in [0.15, 0.2) is 48.5 Å². The first-order chi connectivity index (χ1) is 10.2. The Kier molecular flexibility index (Phi) is 3.44. The Bertz CT molecular complexity index is 709. The highest BCUT2D eigenvalue weighted by molar-refractivity contribution is 6.07. The van der Waals surface area contributed by atoms with Crippen molar-refractivity contribution in [2.45, 2.75) is 12.5 Å². The first-order valence-corrected chi connectivity index (χ1v) is 6.76. The van der Waals surface area contributed by atoms with Crippen molar-refractivity contribution in [2.24, 2.45) is 0 Å². The second-order valence-electron chi connectivity index (χ2n) is 4.98. The van der Waals surface area contributed by atoms with Gasteiger partial charge in [-0.15, -0.1) is 0 Å². The molecule has 0 saturated heterocycles. The van der Waals surface area contributed by atoms with Crippen LogP contribution in [0.5, 0.6) is 5.75 Å². The van der Waals surface area contributed by atoms with E-state index in [0.29, 0.717) is 23.3 Å². The molecule has 0 radical (unpaired) electrons. The molecular formula is C17H15NO3. The van der Waals surface area contributed by atoms with Gasteiger partial charge in [-0.1, -0.05) is 30.3 Å². The van der Waals surface area contributed by atoms with Crippen molar-refractivity contribution in [3.05, 3.63) is 65.2 Å². The molecule has 0 aromatic heterocycles. The van der Waals surface area contributed by atoms with Crippen molar-refractivity contribution in [1.82, 2.24) is 5.32 Å². The van der Waals surface area contributed by atoms with Gasteiger partial charge in [-0.05, 0) is 23.8 Å². The molecule has 0 aliphatic heterocycles. The highest BCUT2D eigenvalue weighted by Crippen LogP contribution is 2.22. The van der Waals surface area contributed by atoms with E-state index in [1.165, 1.54) is 0 Å². The number of hydrogen-bond acceptors (Lipinski definition) is 3. The molecule has 1 unspecified atom stereocenters. The van der Waals surface area contributed by atoms with Crippen LogP contribution in [0.1, 0.15) is 26.3 Å². The Labute approximate surface area is 122 Å². The van der Waals surface area contributed by atoms with Crippen molar-refractivity contribution < 1.29 is 14.3 Å². The highest BCUT2D eigenvalue weighted by Gasteiger charge is 2.31. The average Bonchev–Trinajstić information content (AvgIpc) is 2.84. The molecule has 0 fully saturated rings. The molecule has 4 nitrogen and oxygen atoms in total. The minimum absolute atomic E-state index is 0.0261. The quantitative estimate of drug-likeness (QED) is 0.938. The lowest BCUT2D eigenvalue weighted by atomic mass is 10.1. The van der Waals surface area contributed by atoms with Gasteiger partial charge in [-0.25, -0.2) is 0 Å². The minimum Gasteiger partial charge on any atom is -0.497 e. The predicted octanol–water partition coefficient (Wildman–Crippen LogP) is 2.23. The number of carbonyl (C=O) groups excluding carboxylic acids is 2. The third-order valence-electron chi connectivity index (χ3n) is 3.66. The van der Waals surface area contributed by atoms with Gasteiger partial charge in [0.1, 0.15) is 5.75 Å². The van der Waals surface area contributed by atoms with Gasteiger partial charge in [-0.2, -0.15) is 0 Å². The average molecular weight is 281 g/mol. The van der Waals surface area contributed by atoms with E-state index in [1.54, 1.807) is 37.4 Å². The van der Waals surface area contributed by atoms with E-state index >= 15 is 0 Å². The summed E-state index contributed by atoms with van der Waals surface area (Å²) < 4.78 is 5.10. The minimum atomic E-state index is -0.485. The molecule has 3 rings (SSSR count). The molecule has 1 atom stereocenters. The van der Waals surface area contributed by atoms with E-state index in [0.717, 1.165) is 5.56 Å². The fourth-order valence-electron chi connectivity index (χ4n) is 2.56. The third kappa shape index (κ3) is 2.52. The first kappa shape index (κ1) is 13.4. The van der Waals surface area contributed by atoms with Crippen LogP contribution in [-0.2, 0) is 6.42 Å². The van der Waals surface area contributed by atoms with Crippen LogP contribution < -0.4 is 10.1 Å². The second-order valence-corrected chi connectivity index (χ2v) is 4.98. The van der Waals surface area contributed by atoms with Gasteiger partial charge in [0.15, 0.2) is 5.78 Å². The number of hydrogen-bond donors (Lipinski definition) is 1. The predicted molar refractivity (Wildman–Crippen MR) is 78.7 cm³/mol. The van der Waals surface area contributed by atoms with E-state index in [4.69, 9.17) is 4.74 Å². The summed E-state index contributed by atoms with van der Waals surface area (Å²) in [7, 11) is 1.55. The van der Waals surface area contributed by atoms with Crippen LogP contribution in [0.25, 0.3) is 0 Å². The Morgan fingerprint density at radius 3 is 2.76 bits per heavy atom. The molecule has 21 heavy (non-hydrogen) atoms. The van der Waals surface area contributed by atoms with E-state index in [1.807, 2.05) is 18.2 Å². The van der Waals surface area contributed by atoms with Gasteiger partial charge in [0.05, 0.1) is 13.2 Å². The molecule has 1 aliphatic carbocycles. The van der Waals surface area contributed by atoms with Crippen LogP contribution in [0.4, 0.5) is 0 Å². The van der Waals surface area contributed by atoms with Crippen LogP contribution in [0, 0.1) is 0 Å². The van der Waals surface area contributed by atoms with Crippen molar-refractivity contribution in [3.8, 4) is 5.75 Å². The Hall–Kier alpha value is -2.62. The molecule has 1 amide bonds. The highest BCUT2D eigenvalue weighted by atomic mass is 16.5. The number of methoxy groups -OCH3 is 1. The normalized spacial score (nSPS) is 16.4. The zero-order chi connectivity index (χ0) is 14.8. The molecule has 2 aromatic rings. The van der Waals surface area contributed by atoms with Gasteiger partial charge in [-0.3, -0.25) is 9.59 Å². The van der Waals surface area contributed by atoms with E-state index < -0.39 is 6.04 Å². The number of carbonyl (C=O) groups is 2. The van der Waals surface area contributed by atoms with Gasteiger partial charge in [0.25, 0.3) is 5.91 Å². The summed E-state index contributed by atoms with van der Waals surface area (Å²) in [6.45, 7) is 0. The summed E-state index contributed by atoms with van der Waals surface area (Å²) >= 11 is 0. The zero-order valence-electron chi connectivity index (χ0n) is 11.6.